The molecular weight excluding hydrogens is 358 g/mol. The molecule has 0 aliphatic heterocycles. The van der Waals surface area contributed by atoms with Gasteiger partial charge in [0, 0.05) is 12.5 Å². The fourth-order valence-electron chi connectivity index (χ4n) is 1.75. The second kappa shape index (κ2) is 8.56. The van der Waals surface area contributed by atoms with Gasteiger partial charge in [-0.3, -0.25) is 4.79 Å². The van der Waals surface area contributed by atoms with Gasteiger partial charge < -0.3 is 0 Å². The van der Waals surface area contributed by atoms with E-state index in [2.05, 4.69) is 11.8 Å². The number of alkyl halides is 6. The molecule has 0 spiro atoms. The number of benzene rings is 2. The third-order valence-electron chi connectivity index (χ3n) is 2.92. The summed E-state index contributed by atoms with van der Waals surface area (Å²) in [7, 11) is 0. The van der Waals surface area contributed by atoms with Crippen molar-refractivity contribution in [1.82, 2.24) is 0 Å². The monoisotopic (exact) mass is 372 g/mol. The lowest BCUT2D eigenvalue weighted by atomic mass is 10.1. The highest BCUT2D eigenvalue weighted by Gasteiger charge is 2.30. The summed E-state index contributed by atoms with van der Waals surface area (Å²) in [6, 6.07) is 9.77. The summed E-state index contributed by atoms with van der Waals surface area (Å²) >= 11 is 0. The first kappa shape index (κ1) is 21.3. The molecule has 0 aromatic heterocycles. The van der Waals surface area contributed by atoms with Crippen LogP contribution in [0.15, 0.2) is 48.5 Å². The van der Waals surface area contributed by atoms with Crippen molar-refractivity contribution in [3.05, 3.63) is 70.8 Å². The van der Waals surface area contributed by atoms with Crippen LogP contribution in [0.2, 0.25) is 0 Å². The van der Waals surface area contributed by atoms with Gasteiger partial charge in [-0.1, -0.05) is 35.7 Å². The molecule has 0 N–H and O–H groups in total. The van der Waals surface area contributed by atoms with Crippen LogP contribution in [0.4, 0.5) is 26.3 Å². The lowest BCUT2D eigenvalue weighted by Crippen LogP contribution is -2.04. The summed E-state index contributed by atoms with van der Waals surface area (Å²) in [5.41, 5.74) is -0.546. The fraction of sp³-hybridized carbons (Fsp3) is 0.211. The minimum absolute atomic E-state index is 0.181. The molecule has 7 heteroatoms. The van der Waals surface area contributed by atoms with E-state index in [1.54, 1.807) is 13.0 Å². The van der Waals surface area contributed by atoms with Gasteiger partial charge in [0.05, 0.1) is 11.1 Å². The molecule has 2 rings (SSSR count). The van der Waals surface area contributed by atoms with Crippen LogP contribution >= 0.6 is 0 Å². The van der Waals surface area contributed by atoms with E-state index in [4.69, 9.17) is 0 Å². The van der Waals surface area contributed by atoms with Crippen LogP contribution in [0, 0.1) is 18.8 Å². The van der Waals surface area contributed by atoms with Crippen molar-refractivity contribution < 1.29 is 31.1 Å². The van der Waals surface area contributed by atoms with Gasteiger partial charge in [-0.25, -0.2) is 0 Å². The zero-order valence-electron chi connectivity index (χ0n) is 13.8. The molecule has 0 amide bonds. The van der Waals surface area contributed by atoms with Crippen molar-refractivity contribution in [1.29, 1.82) is 0 Å². The zero-order valence-corrected chi connectivity index (χ0v) is 13.8. The van der Waals surface area contributed by atoms with Gasteiger partial charge in [0.1, 0.15) is 0 Å². The molecule has 2 aromatic rings. The molecule has 0 aliphatic carbocycles. The standard InChI is InChI=1S/C11H7F3O.C8H7F3/c1-8(15)5-6-9-3-2-4-10(7-9)11(12,13)14;1-6-3-2-4-7(5-6)8(9,10)11/h2-4,7H,1H3;2-5H,1H3. The van der Waals surface area contributed by atoms with E-state index in [0.29, 0.717) is 5.56 Å². The second-order valence-corrected chi connectivity index (χ2v) is 5.25. The molecular formula is C19H14F6O. The largest absolute Gasteiger partial charge is 0.416 e. The molecule has 0 saturated heterocycles. The highest BCUT2D eigenvalue weighted by Crippen LogP contribution is 2.30. The number of hydrogen-bond acceptors (Lipinski definition) is 1. The molecule has 0 aliphatic rings. The number of ketones is 1. The van der Waals surface area contributed by atoms with E-state index in [9.17, 15) is 31.1 Å². The lowest BCUT2D eigenvalue weighted by molar-refractivity contribution is -0.138. The zero-order chi connectivity index (χ0) is 20.0. The van der Waals surface area contributed by atoms with Crippen LogP contribution < -0.4 is 0 Å². The Kier molecular flexibility index (Phi) is 7.01. The number of halogens is 6. The summed E-state index contributed by atoms with van der Waals surface area (Å²) in [6.07, 6.45) is -8.60. The molecule has 0 atom stereocenters. The first-order valence-electron chi connectivity index (χ1n) is 7.23. The molecule has 0 radical (unpaired) electrons. The normalized spacial score (nSPS) is 10.9. The van der Waals surface area contributed by atoms with Gasteiger partial charge in [0.15, 0.2) is 0 Å². The number of carbonyl (C=O) groups is 1. The first-order chi connectivity index (χ1) is 11.9. The maximum atomic E-state index is 12.3. The highest BCUT2D eigenvalue weighted by molar-refractivity contribution is 5.93. The van der Waals surface area contributed by atoms with Gasteiger partial charge >= 0.3 is 12.4 Å². The Balaban J connectivity index is 0.000000273. The predicted molar refractivity (Wildman–Crippen MR) is 85.2 cm³/mol. The van der Waals surface area contributed by atoms with Crippen molar-refractivity contribution in [2.45, 2.75) is 26.2 Å². The predicted octanol–water partition coefficient (Wildman–Crippen LogP) is 5.66. The maximum absolute atomic E-state index is 12.3. The van der Waals surface area contributed by atoms with E-state index in [-0.39, 0.29) is 11.3 Å². The Bertz CT molecular complexity index is 822. The third-order valence-corrected chi connectivity index (χ3v) is 2.92. The Morgan fingerprint density at radius 1 is 0.846 bits per heavy atom. The Morgan fingerprint density at radius 3 is 1.77 bits per heavy atom. The van der Waals surface area contributed by atoms with Crippen LogP contribution in [0.1, 0.15) is 29.2 Å². The average Bonchev–Trinajstić information content (AvgIpc) is 2.52. The van der Waals surface area contributed by atoms with Gasteiger partial charge in [-0.15, -0.1) is 0 Å². The van der Waals surface area contributed by atoms with Crippen LogP contribution in [0.3, 0.4) is 0 Å². The van der Waals surface area contributed by atoms with Crippen molar-refractivity contribution in [3.63, 3.8) is 0 Å². The van der Waals surface area contributed by atoms with E-state index in [0.717, 1.165) is 24.3 Å². The van der Waals surface area contributed by atoms with Crippen molar-refractivity contribution in [3.8, 4) is 11.8 Å². The van der Waals surface area contributed by atoms with Crippen LogP contribution in [-0.4, -0.2) is 5.78 Å². The average molecular weight is 372 g/mol. The molecule has 0 heterocycles. The van der Waals surface area contributed by atoms with Crippen LogP contribution in [-0.2, 0) is 17.1 Å². The molecule has 0 bridgehead atoms. The Labute approximate surface area is 146 Å². The number of aryl methyl sites for hydroxylation is 1. The van der Waals surface area contributed by atoms with Gasteiger partial charge in [-0.05, 0) is 37.1 Å². The number of hydrogen-bond donors (Lipinski definition) is 0. The van der Waals surface area contributed by atoms with Crippen LogP contribution in [0.5, 0.6) is 0 Å². The minimum Gasteiger partial charge on any atom is -0.285 e. The Hall–Kier alpha value is -2.75. The molecule has 1 nitrogen and oxygen atoms in total. The number of Topliss-reactive ketones (excluding diaryl/α,β-unsaturated/α-hetero) is 1. The van der Waals surface area contributed by atoms with E-state index in [1.165, 1.54) is 25.1 Å². The van der Waals surface area contributed by atoms with Crippen molar-refractivity contribution in [2.75, 3.05) is 0 Å². The first-order valence-corrected chi connectivity index (χ1v) is 7.23. The maximum Gasteiger partial charge on any atom is 0.416 e. The summed E-state index contributed by atoms with van der Waals surface area (Å²) in [4.78, 5) is 10.5. The summed E-state index contributed by atoms with van der Waals surface area (Å²) in [6.45, 7) is 2.88. The lowest BCUT2D eigenvalue weighted by Gasteiger charge is -2.05. The van der Waals surface area contributed by atoms with Gasteiger partial charge in [0.2, 0.25) is 5.78 Å². The second-order valence-electron chi connectivity index (χ2n) is 5.25. The van der Waals surface area contributed by atoms with E-state index >= 15 is 0 Å². The molecule has 2 aromatic carbocycles. The molecule has 0 saturated carbocycles. The molecule has 0 fully saturated rings. The smallest absolute Gasteiger partial charge is 0.285 e. The third kappa shape index (κ3) is 7.43. The molecule has 0 unspecified atom stereocenters. The summed E-state index contributed by atoms with van der Waals surface area (Å²) in [5.74, 6) is 4.16. The SMILES string of the molecule is CC(=O)C#Cc1cccc(C(F)(F)F)c1.Cc1cccc(C(F)(F)F)c1. The minimum atomic E-state index is -4.38. The van der Waals surface area contributed by atoms with Gasteiger partial charge in [-0.2, -0.15) is 26.3 Å². The molecule has 26 heavy (non-hydrogen) atoms. The van der Waals surface area contributed by atoms with Crippen molar-refractivity contribution in [2.24, 2.45) is 0 Å². The molecule has 138 valence electrons. The Morgan fingerprint density at radius 2 is 1.35 bits per heavy atom. The summed E-state index contributed by atoms with van der Waals surface area (Å²) < 4.78 is 72.7. The van der Waals surface area contributed by atoms with Gasteiger partial charge in [0.25, 0.3) is 0 Å². The number of carbonyl (C=O) groups excluding carboxylic acids is 1. The summed E-state index contributed by atoms with van der Waals surface area (Å²) in [5, 5.41) is 0. The van der Waals surface area contributed by atoms with Crippen molar-refractivity contribution >= 4 is 5.78 Å². The fourth-order valence-corrected chi connectivity index (χ4v) is 1.75. The highest BCUT2D eigenvalue weighted by atomic mass is 19.4. The quantitative estimate of drug-likeness (QED) is 0.431. The van der Waals surface area contributed by atoms with E-state index < -0.39 is 23.5 Å². The van der Waals surface area contributed by atoms with Crippen LogP contribution in [0.25, 0.3) is 0 Å². The number of rotatable bonds is 0. The van der Waals surface area contributed by atoms with E-state index in [1.807, 2.05) is 0 Å². The topological polar surface area (TPSA) is 17.1 Å².